The maximum Gasteiger partial charge on any atom is 0.175 e. The highest BCUT2D eigenvalue weighted by Gasteiger charge is 2.03. The summed E-state index contributed by atoms with van der Waals surface area (Å²) in [6.45, 7) is 1.54. The van der Waals surface area contributed by atoms with Gasteiger partial charge in [0.1, 0.15) is 0 Å². The Morgan fingerprint density at radius 1 is 1.00 bits per heavy atom. The first-order valence-electron chi connectivity index (χ1n) is 6.92. The van der Waals surface area contributed by atoms with E-state index in [4.69, 9.17) is 12.2 Å². The topological polar surface area (TPSA) is 44.4 Å². The highest BCUT2D eigenvalue weighted by Crippen LogP contribution is 2.16. The van der Waals surface area contributed by atoms with E-state index in [0.29, 0.717) is 10.7 Å². The van der Waals surface area contributed by atoms with Crippen molar-refractivity contribution in [2.75, 3.05) is 29.6 Å². The van der Waals surface area contributed by atoms with Gasteiger partial charge in [0.25, 0.3) is 0 Å². The van der Waals surface area contributed by atoms with Crippen molar-refractivity contribution in [1.82, 2.24) is 0 Å². The fraction of sp³-hybridized carbons (Fsp3) is 0.176. The number of nitrogens with one attached hydrogen (secondary N) is 2. The summed E-state index contributed by atoms with van der Waals surface area (Å²) in [4.78, 5) is 13.4. The van der Waals surface area contributed by atoms with E-state index in [1.54, 1.807) is 19.1 Å². The van der Waals surface area contributed by atoms with Crippen molar-refractivity contribution in [3.05, 3.63) is 54.1 Å². The Bertz CT molecular complexity index is 681. The van der Waals surface area contributed by atoms with Crippen LogP contribution in [-0.2, 0) is 0 Å². The van der Waals surface area contributed by atoms with E-state index in [2.05, 4.69) is 10.6 Å². The van der Waals surface area contributed by atoms with Crippen LogP contribution >= 0.6 is 12.2 Å². The highest BCUT2D eigenvalue weighted by molar-refractivity contribution is 7.80. The average Bonchev–Trinajstić information content (AvgIpc) is 2.47. The standard InChI is InChI=1S/C17H19N3OS/c1-12(21)13-5-4-6-15(11-13)19-17(22)18-14-7-9-16(10-8-14)20(2)3/h4-11H,1-3H3,(H2,18,19,22). The second-order valence-electron chi connectivity index (χ2n) is 5.16. The van der Waals surface area contributed by atoms with Crippen molar-refractivity contribution in [1.29, 1.82) is 0 Å². The van der Waals surface area contributed by atoms with Crippen LogP contribution in [0, 0.1) is 0 Å². The van der Waals surface area contributed by atoms with Crippen molar-refractivity contribution < 1.29 is 4.79 Å². The Labute approximate surface area is 136 Å². The lowest BCUT2D eigenvalue weighted by Gasteiger charge is -2.14. The number of carbonyl (C=O) groups is 1. The normalized spacial score (nSPS) is 9.95. The van der Waals surface area contributed by atoms with Crippen LogP contribution in [0.5, 0.6) is 0 Å². The monoisotopic (exact) mass is 313 g/mol. The lowest BCUT2D eigenvalue weighted by atomic mass is 10.1. The first kappa shape index (κ1) is 16.0. The third kappa shape index (κ3) is 4.30. The first-order valence-corrected chi connectivity index (χ1v) is 7.33. The summed E-state index contributed by atoms with van der Waals surface area (Å²) < 4.78 is 0. The molecule has 4 nitrogen and oxygen atoms in total. The molecular weight excluding hydrogens is 294 g/mol. The highest BCUT2D eigenvalue weighted by atomic mass is 32.1. The molecule has 0 aromatic heterocycles. The molecule has 2 aromatic rings. The van der Waals surface area contributed by atoms with Gasteiger partial charge in [-0.1, -0.05) is 12.1 Å². The number of hydrogen-bond acceptors (Lipinski definition) is 3. The van der Waals surface area contributed by atoms with Crippen LogP contribution in [-0.4, -0.2) is 25.0 Å². The second kappa shape index (κ2) is 7.04. The molecule has 0 fully saturated rings. The summed E-state index contributed by atoms with van der Waals surface area (Å²) in [6.07, 6.45) is 0. The maximum atomic E-state index is 11.4. The molecule has 2 aromatic carbocycles. The van der Waals surface area contributed by atoms with E-state index >= 15 is 0 Å². The smallest absolute Gasteiger partial charge is 0.175 e. The van der Waals surface area contributed by atoms with Crippen molar-refractivity contribution in [2.45, 2.75) is 6.92 Å². The van der Waals surface area contributed by atoms with Gasteiger partial charge in [0.15, 0.2) is 10.9 Å². The molecule has 0 aliphatic heterocycles. The SMILES string of the molecule is CC(=O)c1cccc(NC(=S)Nc2ccc(N(C)C)cc2)c1. The Balaban J connectivity index is 2.00. The van der Waals surface area contributed by atoms with E-state index in [9.17, 15) is 4.79 Å². The number of benzene rings is 2. The zero-order valence-electron chi connectivity index (χ0n) is 12.9. The Morgan fingerprint density at radius 3 is 2.23 bits per heavy atom. The quantitative estimate of drug-likeness (QED) is 0.664. The zero-order valence-corrected chi connectivity index (χ0v) is 13.7. The van der Waals surface area contributed by atoms with Crippen molar-refractivity contribution in [3.63, 3.8) is 0 Å². The molecule has 0 radical (unpaired) electrons. The third-order valence-electron chi connectivity index (χ3n) is 3.17. The van der Waals surface area contributed by atoms with E-state index in [-0.39, 0.29) is 5.78 Å². The number of ketones is 1. The number of hydrogen-bond donors (Lipinski definition) is 2. The molecule has 5 heteroatoms. The van der Waals surface area contributed by atoms with Gasteiger partial charge < -0.3 is 15.5 Å². The van der Waals surface area contributed by atoms with Crippen molar-refractivity contribution in [3.8, 4) is 0 Å². The summed E-state index contributed by atoms with van der Waals surface area (Å²) >= 11 is 5.29. The molecule has 0 aliphatic rings. The number of Topliss-reactive ketones (excluding diaryl/α,β-unsaturated/α-hetero) is 1. The molecule has 2 rings (SSSR count). The van der Waals surface area contributed by atoms with Gasteiger partial charge in [-0.25, -0.2) is 0 Å². The Hall–Kier alpha value is -2.40. The van der Waals surface area contributed by atoms with Crippen LogP contribution in [0.3, 0.4) is 0 Å². The largest absolute Gasteiger partial charge is 0.378 e. The van der Waals surface area contributed by atoms with Gasteiger partial charge in [-0.3, -0.25) is 4.79 Å². The van der Waals surface area contributed by atoms with Gasteiger partial charge in [-0.05, 0) is 55.5 Å². The fourth-order valence-electron chi connectivity index (χ4n) is 1.95. The molecule has 0 aliphatic carbocycles. The lowest BCUT2D eigenvalue weighted by Crippen LogP contribution is -2.19. The minimum Gasteiger partial charge on any atom is -0.378 e. The van der Waals surface area contributed by atoms with Gasteiger partial charge >= 0.3 is 0 Å². The zero-order chi connectivity index (χ0) is 16.1. The summed E-state index contributed by atoms with van der Waals surface area (Å²) in [5.41, 5.74) is 3.47. The predicted octanol–water partition coefficient (Wildman–Crippen LogP) is 3.76. The average molecular weight is 313 g/mol. The van der Waals surface area contributed by atoms with E-state index in [0.717, 1.165) is 17.1 Å². The van der Waals surface area contributed by atoms with Gasteiger partial charge in [0.2, 0.25) is 0 Å². The Kier molecular flexibility index (Phi) is 5.12. The molecule has 0 atom stereocenters. The third-order valence-corrected chi connectivity index (χ3v) is 3.37. The molecule has 0 heterocycles. The molecule has 0 saturated heterocycles. The van der Waals surface area contributed by atoms with Gasteiger partial charge in [-0.15, -0.1) is 0 Å². The van der Waals surface area contributed by atoms with E-state index in [1.165, 1.54) is 0 Å². The molecule has 114 valence electrons. The number of anilines is 3. The number of carbonyl (C=O) groups excluding carboxylic acids is 1. The molecule has 2 N–H and O–H groups in total. The summed E-state index contributed by atoms with van der Waals surface area (Å²) in [7, 11) is 3.99. The minimum atomic E-state index is 0.0294. The van der Waals surface area contributed by atoms with E-state index in [1.807, 2.05) is 55.4 Å². The Morgan fingerprint density at radius 2 is 1.64 bits per heavy atom. The maximum absolute atomic E-state index is 11.4. The summed E-state index contributed by atoms with van der Waals surface area (Å²) in [5, 5.41) is 6.69. The summed E-state index contributed by atoms with van der Waals surface area (Å²) in [6, 6.07) is 15.2. The van der Waals surface area contributed by atoms with E-state index < -0.39 is 0 Å². The molecule has 0 bridgehead atoms. The van der Waals surface area contributed by atoms with Crippen LogP contribution in [0.15, 0.2) is 48.5 Å². The molecule has 22 heavy (non-hydrogen) atoms. The minimum absolute atomic E-state index is 0.0294. The van der Waals surface area contributed by atoms with Crippen LogP contribution in [0.4, 0.5) is 17.1 Å². The molecule has 0 unspecified atom stereocenters. The second-order valence-corrected chi connectivity index (χ2v) is 5.57. The van der Waals surface area contributed by atoms with Crippen LogP contribution < -0.4 is 15.5 Å². The molecule has 0 spiro atoms. The van der Waals surface area contributed by atoms with Crippen LogP contribution in [0.1, 0.15) is 17.3 Å². The fourth-order valence-corrected chi connectivity index (χ4v) is 2.19. The number of thiocarbonyl (C=S) groups is 1. The van der Waals surface area contributed by atoms with Gasteiger partial charge in [-0.2, -0.15) is 0 Å². The number of rotatable bonds is 4. The van der Waals surface area contributed by atoms with Crippen LogP contribution in [0.2, 0.25) is 0 Å². The molecular formula is C17H19N3OS. The first-order chi connectivity index (χ1) is 10.5. The van der Waals surface area contributed by atoms with Gasteiger partial charge in [0.05, 0.1) is 0 Å². The van der Waals surface area contributed by atoms with Crippen LogP contribution in [0.25, 0.3) is 0 Å². The van der Waals surface area contributed by atoms with Gasteiger partial charge in [0, 0.05) is 36.7 Å². The summed E-state index contributed by atoms with van der Waals surface area (Å²) in [5.74, 6) is 0.0294. The van der Waals surface area contributed by atoms with Crippen molar-refractivity contribution >= 4 is 40.2 Å². The predicted molar refractivity (Wildman–Crippen MR) is 97.1 cm³/mol. The lowest BCUT2D eigenvalue weighted by molar-refractivity contribution is 0.101. The molecule has 0 amide bonds. The van der Waals surface area contributed by atoms with Crippen molar-refractivity contribution in [2.24, 2.45) is 0 Å². The molecule has 0 saturated carbocycles. The number of nitrogens with zero attached hydrogens (tertiary/aromatic N) is 1.